The van der Waals surface area contributed by atoms with E-state index < -0.39 is 12.0 Å². The van der Waals surface area contributed by atoms with Crippen LogP contribution in [0.5, 0.6) is 5.75 Å². The monoisotopic (exact) mass is 266 g/mol. The lowest BCUT2D eigenvalue weighted by Gasteiger charge is -2.12. The minimum Gasteiger partial charge on any atom is -0.496 e. The van der Waals surface area contributed by atoms with Crippen LogP contribution in [0.2, 0.25) is 0 Å². The fourth-order valence-corrected chi connectivity index (χ4v) is 1.79. The molecule has 19 heavy (non-hydrogen) atoms. The summed E-state index contributed by atoms with van der Waals surface area (Å²) in [5.74, 6) is -0.125. The predicted octanol–water partition coefficient (Wildman–Crippen LogP) is 1.15. The average Bonchev–Trinajstić information content (AvgIpc) is 2.42. The van der Waals surface area contributed by atoms with Gasteiger partial charge in [-0.15, -0.1) is 0 Å². The summed E-state index contributed by atoms with van der Waals surface area (Å²) < 4.78 is 5.30. The van der Waals surface area contributed by atoms with Crippen molar-refractivity contribution < 1.29 is 14.6 Å². The van der Waals surface area contributed by atoms with E-state index in [1.54, 1.807) is 7.11 Å². The molecule has 1 rings (SSSR count). The van der Waals surface area contributed by atoms with Crippen LogP contribution in [0.25, 0.3) is 0 Å². The molecule has 1 unspecified atom stereocenters. The minimum atomic E-state index is -0.965. The number of methoxy groups -OCH3 is 1. The Morgan fingerprint density at radius 2 is 2.26 bits per heavy atom. The fourth-order valence-electron chi connectivity index (χ4n) is 1.79. The molecule has 4 N–H and O–H groups in total. The first kappa shape index (κ1) is 15.5. The van der Waals surface area contributed by atoms with E-state index in [4.69, 9.17) is 15.6 Å². The van der Waals surface area contributed by atoms with Crippen LogP contribution in [0.15, 0.2) is 18.2 Å². The third kappa shape index (κ3) is 4.89. The highest BCUT2D eigenvalue weighted by atomic mass is 16.5. The highest BCUT2D eigenvalue weighted by Gasteiger charge is 2.10. The Hall–Kier alpha value is -1.59. The van der Waals surface area contributed by atoms with Gasteiger partial charge in [-0.25, -0.2) is 0 Å². The first-order valence-corrected chi connectivity index (χ1v) is 6.43. The number of ether oxygens (including phenoxy) is 1. The maximum atomic E-state index is 10.6. The molecule has 0 aliphatic heterocycles. The molecule has 0 saturated heterocycles. The summed E-state index contributed by atoms with van der Waals surface area (Å²) in [5, 5.41) is 11.9. The van der Waals surface area contributed by atoms with E-state index in [0.29, 0.717) is 19.5 Å². The third-order valence-corrected chi connectivity index (χ3v) is 3.02. The maximum Gasteiger partial charge on any atom is 0.320 e. The van der Waals surface area contributed by atoms with Gasteiger partial charge < -0.3 is 20.9 Å². The fraction of sp³-hybridized carbons (Fsp3) is 0.500. The number of aryl methyl sites for hydroxylation is 1. The van der Waals surface area contributed by atoms with Crippen molar-refractivity contribution in [1.82, 2.24) is 5.32 Å². The second-order valence-electron chi connectivity index (χ2n) is 4.41. The van der Waals surface area contributed by atoms with E-state index in [9.17, 15) is 4.79 Å². The highest BCUT2D eigenvalue weighted by molar-refractivity contribution is 5.72. The first-order chi connectivity index (χ1) is 9.08. The Labute approximate surface area is 113 Å². The van der Waals surface area contributed by atoms with Crippen molar-refractivity contribution in [3.05, 3.63) is 29.3 Å². The highest BCUT2D eigenvalue weighted by Crippen LogP contribution is 2.20. The van der Waals surface area contributed by atoms with Crippen LogP contribution in [-0.2, 0) is 17.8 Å². The summed E-state index contributed by atoms with van der Waals surface area (Å²) in [7, 11) is 1.64. The quantitative estimate of drug-likeness (QED) is 0.615. The molecule has 5 heteroatoms. The van der Waals surface area contributed by atoms with Gasteiger partial charge in [-0.05, 0) is 31.0 Å². The third-order valence-electron chi connectivity index (χ3n) is 3.02. The Bertz CT molecular complexity index is 421. The largest absolute Gasteiger partial charge is 0.496 e. The van der Waals surface area contributed by atoms with Crippen molar-refractivity contribution >= 4 is 5.97 Å². The molecule has 0 aliphatic carbocycles. The normalized spacial score (nSPS) is 12.2. The molecule has 5 nitrogen and oxygen atoms in total. The molecule has 0 heterocycles. The zero-order chi connectivity index (χ0) is 14.3. The van der Waals surface area contributed by atoms with Crippen molar-refractivity contribution in [3.8, 4) is 5.75 Å². The summed E-state index contributed by atoms with van der Waals surface area (Å²) in [4.78, 5) is 10.6. The summed E-state index contributed by atoms with van der Waals surface area (Å²) in [6.45, 7) is 3.31. The molecular formula is C14H22N2O3. The molecule has 0 aromatic heterocycles. The Morgan fingerprint density at radius 3 is 2.84 bits per heavy atom. The van der Waals surface area contributed by atoms with Crippen LogP contribution >= 0.6 is 0 Å². The van der Waals surface area contributed by atoms with Gasteiger partial charge in [0.2, 0.25) is 0 Å². The lowest BCUT2D eigenvalue weighted by molar-refractivity contribution is -0.138. The standard InChI is InChI=1S/C14H22N2O3/c1-3-10-4-5-13(19-2)11(8-10)9-16-7-6-12(15)14(17)18/h4-5,8,12,16H,3,6-7,9,15H2,1-2H3,(H,17,18). The molecular weight excluding hydrogens is 244 g/mol. The van der Waals surface area contributed by atoms with Gasteiger partial charge in [-0.3, -0.25) is 4.79 Å². The van der Waals surface area contributed by atoms with Crippen molar-refractivity contribution in [2.45, 2.75) is 32.4 Å². The Balaban J connectivity index is 2.50. The van der Waals surface area contributed by atoms with Crippen molar-refractivity contribution in [1.29, 1.82) is 0 Å². The SMILES string of the molecule is CCc1ccc(OC)c(CNCCC(N)C(=O)O)c1. The second-order valence-corrected chi connectivity index (χ2v) is 4.41. The Kier molecular flexibility index (Phi) is 6.32. The molecule has 106 valence electrons. The molecule has 0 spiro atoms. The number of carboxylic acids is 1. The van der Waals surface area contributed by atoms with Crippen LogP contribution in [0.4, 0.5) is 0 Å². The summed E-state index contributed by atoms with van der Waals surface area (Å²) >= 11 is 0. The van der Waals surface area contributed by atoms with Gasteiger partial charge >= 0.3 is 5.97 Å². The van der Waals surface area contributed by atoms with Crippen LogP contribution in [0.1, 0.15) is 24.5 Å². The van der Waals surface area contributed by atoms with Gasteiger partial charge in [-0.2, -0.15) is 0 Å². The van der Waals surface area contributed by atoms with Crippen LogP contribution < -0.4 is 15.8 Å². The summed E-state index contributed by atoms with van der Waals surface area (Å²) in [6, 6.07) is 5.29. The van der Waals surface area contributed by atoms with Gasteiger partial charge in [0, 0.05) is 12.1 Å². The minimum absolute atomic E-state index is 0.408. The van der Waals surface area contributed by atoms with Gasteiger partial charge in [0.25, 0.3) is 0 Å². The van der Waals surface area contributed by atoms with Crippen molar-refractivity contribution in [2.75, 3.05) is 13.7 Å². The van der Waals surface area contributed by atoms with Crippen molar-refractivity contribution in [3.63, 3.8) is 0 Å². The zero-order valence-electron chi connectivity index (χ0n) is 11.5. The van der Waals surface area contributed by atoms with E-state index in [0.717, 1.165) is 17.7 Å². The molecule has 1 aromatic rings. The zero-order valence-corrected chi connectivity index (χ0v) is 11.5. The van der Waals surface area contributed by atoms with E-state index in [1.807, 2.05) is 12.1 Å². The number of hydrogen-bond acceptors (Lipinski definition) is 4. The lowest BCUT2D eigenvalue weighted by atomic mass is 10.1. The molecule has 1 aromatic carbocycles. The Morgan fingerprint density at radius 1 is 1.53 bits per heavy atom. The van der Waals surface area contributed by atoms with Gasteiger partial charge in [0.15, 0.2) is 0 Å². The number of benzene rings is 1. The van der Waals surface area contributed by atoms with Gasteiger partial charge in [0.1, 0.15) is 11.8 Å². The molecule has 0 fully saturated rings. The maximum absolute atomic E-state index is 10.6. The smallest absolute Gasteiger partial charge is 0.320 e. The van der Waals surface area contributed by atoms with Crippen LogP contribution in [0.3, 0.4) is 0 Å². The molecule has 0 aliphatic rings. The van der Waals surface area contributed by atoms with Gasteiger partial charge in [0.05, 0.1) is 7.11 Å². The lowest BCUT2D eigenvalue weighted by Crippen LogP contribution is -2.33. The number of aliphatic carboxylic acids is 1. The number of rotatable bonds is 8. The molecule has 0 bridgehead atoms. The molecule has 0 amide bonds. The van der Waals surface area contributed by atoms with E-state index in [1.165, 1.54) is 5.56 Å². The van der Waals surface area contributed by atoms with Crippen molar-refractivity contribution in [2.24, 2.45) is 5.73 Å². The molecule has 1 atom stereocenters. The summed E-state index contributed by atoms with van der Waals surface area (Å²) in [5.41, 5.74) is 7.76. The van der Waals surface area contributed by atoms with E-state index in [-0.39, 0.29) is 0 Å². The number of carbonyl (C=O) groups is 1. The topological polar surface area (TPSA) is 84.6 Å². The predicted molar refractivity (Wildman–Crippen MR) is 74.3 cm³/mol. The van der Waals surface area contributed by atoms with Crippen LogP contribution in [-0.4, -0.2) is 30.8 Å². The number of hydrogen-bond donors (Lipinski definition) is 3. The second kappa shape index (κ2) is 7.76. The molecule has 0 saturated carbocycles. The summed E-state index contributed by atoms with van der Waals surface area (Å²) in [6.07, 6.45) is 1.38. The number of nitrogens with two attached hydrogens (primary N) is 1. The van der Waals surface area contributed by atoms with Gasteiger partial charge in [-0.1, -0.05) is 19.1 Å². The number of carboxylic acid groups (broad SMARTS) is 1. The first-order valence-electron chi connectivity index (χ1n) is 6.43. The van der Waals surface area contributed by atoms with E-state index in [2.05, 4.69) is 18.3 Å². The van der Waals surface area contributed by atoms with Crippen LogP contribution in [0, 0.1) is 0 Å². The molecule has 0 radical (unpaired) electrons. The number of nitrogens with one attached hydrogen (secondary N) is 1. The average molecular weight is 266 g/mol. The van der Waals surface area contributed by atoms with E-state index >= 15 is 0 Å².